The third-order valence-electron chi connectivity index (χ3n) is 2.40. The summed E-state index contributed by atoms with van der Waals surface area (Å²) in [6, 6.07) is 6.78. The maximum Gasteiger partial charge on any atom is 0.337 e. The number of ether oxygens (including phenoxy) is 1. The largest absolute Gasteiger partial charge is 0.465 e. The van der Waals surface area contributed by atoms with E-state index in [4.69, 9.17) is 0 Å². The summed E-state index contributed by atoms with van der Waals surface area (Å²) in [5.41, 5.74) is 1.33. The van der Waals surface area contributed by atoms with Gasteiger partial charge in [-0.15, -0.1) is 0 Å². The Labute approximate surface area is 101 Å². The molecular formula is C14H17FO2. The van der Waals surface area contributed by atoms with Gasteiger partial charge in [-0.3, -0.25) is 0 Å². The second-order valence-corrected chi connectivity index (χ2v) is 3.80. The molecule has 0 aromatic heterocycles. The van der Waals surface area contributed by atoms with Gasteiger partial charge in [0.2, 0.25) is 0 Å². The first-order chi connectivity index (χ1) is 8.17. The number of allylic oxidation sites excluding steroid dienone is 2. The number of benzene rings is 1. The molecule has 0 unspecified atom stereocenters. The average molecular weight is 236 g/mol. The molecule has 0 aliphatic rings. The number of carbonyl (C=O) groups is 1. The molecule has 0 saturated heterocycles. The fourth-order valence-electron chi connectivity index (χ4n) is 1.44. The van der Waals surface area contributed by atoms with Crippen molar-refractivity contribution in [3.8, 4) is 0 Å². The van der Waals surface area contributed by atoms with E-state index in [0.717, 1.165) is 18.4 Å². The van der Waals surface area contributed by atoms with Crippen molar-refractivity contribution in [3.63, 3.8) is 0 Å². The Hall–Kier alpha value is -1.64. The first-order valence-corrected chi connectivity index (χ1v) is 5.69. The third kappa shape index (κ3) is 4.39. The Morgan fingerprint density at radius 1 is 1.35 bits per heavy atom. The van der Waals surface area contributed by atoms with Crippen LogP contribution in [0.5, 0.6) is 0 Å². The number of carbonyl (C=O) groups excluding carboxylic acids is 1. The summed E-state index contributed by atoms with van der Waals surface area (Å²) in [5, 5.41) is 0. The highest BCUT2D eigenvalue weighted by molar-refractivity contribution is 5.89. The van der Waals surface area contributed by atoms with Crippen LogP contribution in [0, 0.1) is 0 Å². The van der Waals surface area contributed by atoms with Crippen LogP contribution in [-0.4, -0.2) is 13.1 Å². The lowest BCUT2D eigenvalue weighted by atomic mass is 10.1. The molecule has 0 saturated carbocycles. The van der Waals surface area contributed by atoms with Gasteiger partial charge in [-0.05, 0) is 24.1 Å². The molecule has 0 radical (unpaired) electrons. The second-order valence-electron chi connectivity index (χ2n) is 3.80. The van der Waals surface area contributed by atoms with E-state index in [1.165, 1.54) is 7.11 Å². The molecule has 1 aromatic carbocycles. The van der Waals surface area contributed by atoms with Crippen molar-refractivity contribution in [2.24, 2.45) is 0 Å². The molecule has 0 amide bonds. The van der Waals surface area contributed by atoms with Gasteiger partial charge in [-0.1, -0.05) is 31.6 Å². The maximum absolute atomic E-state index is 13.4. The van der Waals surface area contributed by atoms with Gasteiger partial charge in [-0.2, -0.15) is 0 Å². The lowest BCUT2D eigenvalue weighted by Crippen LogP contribution is -2.00. The van der Waals surface area contributed by atoms with Crippen molar-refractivity contribution in [2.75, 3.05) is 7.11 Å². The highest BCUT2D eigenvalue weighted by Crippen LogP contribution is 2.12. The molecule has 0 fully saturated rings. The van der Waals surface area contributed by atoms with Crippen LogP contribution in [-0.2, 0) is 11.2 Å². The average Bonchev–Trinajstić information content (AvgIpc) is 2.36. The summed E-state index contributed by atoms with van der Waals surface area (Å²) >= 11 is 0. The third-order valence-corrected chi connectivity index (χ3v) is 2.40. The van der Waals surface area contributed by atoms with Crippen LogP contribution >= 0.6 is 0 Å². The molecule has 0 aliphatic carbocycles. The first-order valence-electron chi connectivity index (χ1n) is 5.69. The zero-order chi connectivity index (χ0) is 12.7. The van der Waals surface area contributed by atoms with Crippen molar-refractivity contribution in [3.05, 3.63) is 47.3 Å². The summed E-state index contributed by atoms with van der Waals surface area (Å²) in [7, 11) is 1.34. The van der Waals surface area contributed by atoms with E-state index in [2.05, 4.69) is 4.74 Å². The summed E-state index contributed by atoms with van der Waals surface area (Å²) in [5.74, 6) is -0.504. The van der Waals surface area contributed by atoms with E-state index in [1.54, 1.807) is 30.3 Å². The Morgan fingerprint density at radius 2 is 2.00 bits per heavy atom. The smallest absolute Gasteiger partial charge is 0.337 e. The fourth-order valence-corrected chi connectivity index (χ4v) is 1.44. The second kappa shape index (κ2) is 6.84. The van der Waals surface area contributed by atoms with Crippen molar-refractivity contribution < 1.29 is 13.9 Å². The molecule has 0 bridgehead atoms. The number of rotatable bonds is 5. The molecular weight excluding hydrogens is 219 g/mol. The SMILES string of the molecule is CCCC=C(F)Cc1ccc(C(=O)OC)cc1. The minimum absolute atomic E-state index is 0.127. The molecule has 0 atom stereocenters. The van der Waals surface area contributed by atoms with Crippen molar-refractivity contribution in [2.45, 2.75) is 26.2 Å². The summed E-state index contributed by atoms with van der Waals surface area (Å²) in [4.78, 5) is 11.2. The highest BCUT2D eigenvalue weighted by atomic mass is 19.1. The monoisotopic (exact) mass is 236 g/mol. The van der Waals surface area contributed by atoms with Gasteiger partial charge in [0, 0.05) is 6.42 Å². The molecule has 2 nitrogen and oxygen atoms in total. The summed E-state index contributed by atoms with van der Waals surface area (Å²) in [6.07, 6.45) is 3.58. The topological polar surface area (TPSA) is 26.3 Å². The van der Waals surface area contributed by atoms with Crippen LogP contribution in [0.15, 0.2) is 36.2 Å². The van der Waals surface area contributed by atoms with Crippen LogP contribution in [0.25, 0.3) is 0 Å². The van der Waals surface area contributed by atoms with E-state index in [9.17, 15) is 9.18 Å². The Bertz CT molecular complexity index is 393. The Balaban J connectivity index is 2.65. The van der Waals surface area contributed by atoms with Gasteiger partial charge in [0.05, 0.1) is 12.7 Å². The fraction of sp³-hybridized carbons (Fsp3) is 0.357. The predicted octanol–water partition coefficient (Wildman–Crippen LogP) is 3.67. The molecule has 0 aliphatic heterocycles. The zero-order valence-electron chi connectivity index (χ0n) is 10.2. The molecule has 3 heteroatoms. The molecule has 92 valence electrons. The summed E-state index contributed by atoms with van der Waals surface area (Å²) < 4.78 is 18.0. The quantitative estimate of drug-likeness (QED) is 0.729. The van der Waals surface area contributed by atoms with Crippen molar-refractivity contribution >= 4 is 5.97 Å². The number of halogens is 1. The van der Waals surface area contributed by atoms with Crippen LogP contribution in [0.2, 0.25) is 0 Å². The van der Waals surface area contributed by atoms with Crippen LogP contribution in [0.4, 0.5) is 4.39 Å². The number of esters is 1. The number of hydrogen-bond donors (Lipinski definition) is 0. The Kier molecular flexibility index (Phi) is 5.40. The predicted molar refractivity (Wildman–Crippen MR) is 65.6 cm³/mol. The van der Waals surface area contributed by atoms with Gasteiger partial charge in [0.1, 0.15) is 5.83 Å². The van der Waals surface area contributed by atoms with Crippen LogP contribution in [0.3, 0.4) is 0 Å². The standard InChI is InChI=1S/C14H17FO2/c1-3-4-5-13(15)10-11-6-8-12(9-7-11)14(16)17-2/h5-9H,3-4,10H2,1-2H3. The Morgan fingerprint density at radius 3 is 2.53 bits per heavy atom. The minimum Gasteiger partial charge on any atom is -0.465 e. The lowest BCUT2D eigenvalue weighted by molar-refractivity contribution is 0.0600. The lowest BCUT2D eigenvalue weighted by Gasteiger charge is -2.02. The van der Waals surface area contributed by atoms with Crippen LogP contribution in [0.1, 0.15) is 35.7 Å². The van der Waals surface area contributed by atoms with Crippen LogP contribution < -0.4 is 0 Å². The van der Waals surface area contributed by atoms with E-state index in [1.807, 2.05) is 6.92 Å². The first kappa shape index (κ1) is 13.4. The summed E-state index contributed by atoms with van der Waals surface area (Å²) in [6.45, 7) is 2.01. The van der Waals surface area contributed by atoms with Gasteiger partial charge < -0.3 is 4.74 Å². The normalized spacial score (nSPS) is 11.4. The van der Waals surface area contributed by atoms with Gasteiger partial charge >= 0.3 is 5.97 Å². The molecule has 17 heavy (non-hydrogen) atoms. The zero-order valence-corrected chi connectivity index (χ0v) is 10.2. The molecule has 0 N–H and O–H groups in total. The van der Waals surface area contributed by atoms with Gasteiger partial charge in [0.15, 0.2) is 0 Å². The molecule has 1 rings (SSSR count). The molecule has 1 aromatic rings. The maximum atomic E-state index is 13.4. The van der Waals surface area contributed by atoms with E-state index < -0.39 is 0 Å². The molecule has 0 spiro atoms. The van der Waals surface area contributed by atoms with Gasteiger partial charge in [0.25, 0.3) is 0 Å². The molecule has 0 heterocycles. The number of methoxy groups -OCH3 is 1. The van der Waals surface area contributed by atoms with Crippen molar-refractivity contribution in [1.82, 2.24) is 0 Å². The van der Waals surface area contributed by atoms with Gasteiger partial charge in [-0.25, -0.2) is 9.18 Å². The van der Waals surface area contributed by atoms with E-state index in [0.29, 0.717) is 5.56 Å². The highest BCUT2D eigenvalue weighted by Gasteiger charge is 2.05. The van der Waals surface area contributed by atoms with Crippen molar-refractivity contribution in [1.29, 1.82) is 0 Å². The number of unbranched alkanes of at least 4 members (excludes halogenated alkanes) is 1. The van der Waals surface area contributed by atoms with E-state index in [-0.39, 0.29) is 18.2 Å². The van der Waals surface area contributed by atoms with E-state index >= 15 is 0 Å². The number of hydrogen-bond acceptors (Lipinski definition) is 2. The minimum atomic E-state index is -0.376.